The van der Waals surface area contributed by atoms with Gasteiger partial charge in [-0.05, 0) is 42.8 Å². The molecule has 0 fully saturated rings. The minimum absolute atomic E-state index is 0.0407. The molecule has 1 aliphatic heterocycles. The van der Waals surface area contributed by atoms with E-state index in [1.54, 1.807) is 55.5 Å². The van der Waals surface area contributed by atoms with Crippen molar-refractivity contribution < 1.29 is 30.1 Å². The first-order chi connectivity index (χ1) is 16.4. The maximum atomic E-state index is 12.9. The average Bonchev–Trinajstić information content (AvgIpc) is 3.24. The molecule has 2 amide bonds. The van der Waals surface area contributed by atoms with Crippen molar-refractivity contribution in [3.63, 3.8) is 0 Å². The van der Waals surface area contributed by atoms with Gasteiger partial charge in [0.15, 0.2) is 0 Å². The van der Waals surface area contributed by atoms with Crippen LogP contribution in [0, 0.1) is 0 Å². The van der Waals surface area contributed by atoms with E-state index in [1.807, 2.05) is 0 Å². The molecule has 2 unspecified atom stereocenters. The highest BCUT2D eigenvalue weighted by Gasteiger charge is 2.28. The molecule has 0 aliphatic carbocycles. The van der Waals surface area contributed by atoms with E-state index in [1.165, 1.54) is 12.1 Å². The third-order valence-corrected chi connectivity index (χ3v) is 4.68. The number of ether oxygens (including phenoxy) is 2. The maximum absolute atomic E-state index is 12.9. The largest absolute Gasteiger partial charge is 0.462 e. The number of esters is 1. The van der Waals surface area contributed by atoms with Gasteiger partial charge < -0.3 is 20.1 Å². The number of rotatable bonds is 9. The SMILES string of the molecule is [2H]C(OC(=O)N[C@@H](CC1C=C(Cl)NO1)C(=O)Nc1ccc(C(=O)OCC)cc1)c1ccccc1. The monoisotopic (exact) mass is 474 g/mol. The number of hydrogen-bond donors (Lipinski definition) is 3. The van der Waals surface area contributed by atoms with Crippen LogP contribution in [0.2, 0.25) is 0 Å². The van der Waals surface area contributed by atoms with Crippen molar-refractivity contribution in [3.8, 4) is 0 Å². The normalized spacial score (nSPS) is 17.0. The quantitative estimate of drug-likeness (QED) is 0.376. The predicted molar refractivity (Wildman–Crippen MR) is 121 cm³/mol. The molecule has 0 bridgehead atoms. The molecular weight excluding hydrogens is 450 g/mol. The van der Waals surface area contributed by atoms with Crippen molar-refractivity contribution in [3.05, 3.63) is 77.0 Å². The molecule has 0 saturated heterocycles. The molecular formula is C23H24ClN3O6. The van der Waals surface area contributed by atoms with Crippen LogP contribution in [0.5, 0.6) is 0 Å². The van der Waals surface area contributed by atoms with E-state index in [-0.39, 0.29) is 18.2 Å². The van der Waals surface area contributed by atoms with Crippen LogP contribution in [-0.4, -0.2) is 36.7 Å². The van der Waals surface area contributed by atoms with E-state index >= 15 is 0 Å². The van der Waals surface area contributed by atoms with E-state index < -0.39 is 36.7 Å². The molecule has 9 nitrogen and oxygen atoms in total. The summed E-state index contributed by atoms with van der Waals surface area (Å²) >= 11 is 5.85. The summed E-state index contributed by atoms with van der Waals surface area (Å²) < 4.78 is 18.1. The van der Waals surface area contributed by atoms with Crippen molar-refractivity contribution in [2.75, 3.05) is 11.9 Å². The summed E-state index contributed by atoms with van der Waals surface area (Å²) in [7, 11) is 0. The van der Waals surface area contributed by atoms with Gasteiger partial charge in [-0.3, -0.25) is 15.1 Å². The average molecular weight is 475 g/mol. The molecule has 33 heavy (non-hydrogen) atoms. The van der Waals surface area contributed by atoms with Crippen LogP contribution in [0.3, 0.4) is 0 Å². The zero-order valence-electron chi connectivity index (χ0n) is 18.7. The Morgan fingerprint density at radius 1 is 1.15 bits per heavy atom. The predicted octanol–water partition coefficient (Wildman–Crippen LogP) is 3.47. The third kappa shape index (κ3) is 7.51. The van der Waals surface area contributed by atoms with E-state index in [4.69, 9.17) is 27.3 Å². The third-order valence-electron chi connectivity index (χ3n) is 4.48. The Morgan fingerprint density at radius 2 is 1.88 bits per heavy atom. The molecule has 10 heteroatoms. The summed E-state index contributed by atoms with van der Waals surface area (Å²) in [6.07, 6.45) is 0.0672. The Bertz CT molecular complexity index is 1030. The molecule has 1 heterocycles. The summed E-state index contributed by atoms with van der Waals surface area (Å²) in [5, 5.41) is 5.42. The van der Waals surface area contributed by atoms with Crippen LogP contribution in [0.15, 0.2) is 65.8 Å². The van der Waals surface area contributed by atoms with Gasteiger partial charge in [-0.1, -0.05) is 41.9 Å². The fourth-order valence-corrected chi connectivity index (χ4v) is 3.09. The number of benzene rings is 2. The summed E-state index contributed by atoms with van der Waals surface area (Å²) in [5.41, 5.74) is 3.70. The van der Waals surface area contributed by atoms with Gasteiger partial charge in [-0.25, -0.2) is 9.59 Å². The summed E-state index contributed by atoms with van der Waals surface area (Å²) in [5.74, 6) is -1.03. The number of alkyl carbamates (subject to hydrolysis) is 1. The number of carbonyl (C=O) groups excluding carboxylic acids is 3. The molecule has 2 aromatic rings. The van der Waals surface area contributed by atoms with Crippen molar-refractivity contribution in [1.29, 1.82) is 0 Å². The maximum Gasteiger partial charge on any atom is 0.408 e. The van der Waals surface area contributed by atoms with Gasteiger partial charge in [0.2, 0.25) is 5.91 Å². The first-order valence-corrected chi connectivity index (χ1v) is 10.5. The molecule has 3 atom stereocenters. The standard InChI is InChI=1S/C23H24ClN3O6/c1-2-31-22(29)16-8-10-17(11-9-16)25-21(28)19(12-18-13-20(24)27-33-18)26-23(30)32-14-15-6-4-3-5-7-15/h3-11,13,18-19,27H,2,12,14H2,1H3,(H,25,28)(H,26,30)/t18?,19-/m0/s1/i14D/t14?,18?,19-. The van der Waals surface area contributed by atoms with E-state index in [9.17, 15) is 14.4 Å². The lowest BCUT2D eigenvalue weighted by molar-refractivity contribution is -0.119. The molecule has 0 spiro atoms. The fourth-order valence-electron chi connectivity index (χ4n) is 2.91. The lowest BCUT2D eigenvalue weighted by atomic mass is 10.1. The first kappa shape index (κ1) is 22.6. The molecule has 1 aliphatic rings. The summed E-state index contributed by atoms with van der Waals surface area (Å²) in [6.45, 7) is 0.694. The highest BCUT2D eigenvalue weighted by molar-refractivity contribution is 6.29. The number of hydroxylamine groups is 1. The van der Waals surface area contributed by atoms with Gasteiger partial charge >= 0.3 is 12.1 Å². The second kappa shape index (κ2) is 11.9. The Balaban J connectivity index is 1.66. The minimum Gasteiger partial charge on any atom is -0.462 e. The zero-order valence-corrected chi connectivity index (χ0v) is 18.5. The second-order valence-electron chi connectivity index (χ2n) is 6.93. The van der Waals surface area contributed by atoms with Crippen molar-refractivity contribution in [2.24, 2.45) is 0 Å². The smallest absolute Gasteiger partial charge is 0.408 e. The number of amides is 2. The van der Waals surface area contributed by atoms with Gasteiger partial charge in [-0.15, -0.1) is 0 Å². The van der Waals surface area contributed by atoms with Crippen LogP contribution in [-0.2, 0) is 25.7 Å². The van der Waals surface area contributed by atoms with Crippen LogP contribution in [0.25, 0.3) is 0 Å². The minimum atomic E-state index is -1.26. The number of nitrogens with one attached hydrogen (secondary N) is 3. The van der Waals surface area contributed by atoms with Gasteiger partial charge in [-0.2, -0.15) is 0 Å². The molecule has 3 rings (SSSR count). The Morgan fingerprint density at radius 3 is 2.52 bits per heavy atom. The van der Waals surface area contributed by atoms with Crippen LogP contribution in [0.4, 0.5) is 10.5 Å². The van der Waals surface area contributed by atoms with Crippen molar-refractivity contribution >= 4 is 35.3 Å². The van der Waals surface area contributed by atoms with Crippen LogP contribution in [0.1, 0.15) is 30.6 Å². The van der Waals surface area contributed by atoms with Gasteiger partial charge in [0.05, 0.1) is 13.5 Å². The van der Waals surface area contributed by atoms with Gasteiger partial charge in [0.25, 0.3) is 0 Å². The first-order valence-electron chi connectivity index (χ1n) is 10.7. The molecule has 0 saturated carbocycles. The highest BCUT2D eigenvalue weighted by Crippen LogP contribution is 2.17. The zero-order chi connectivity index (χ0) is 24.5. The van der Waals surface area contributed by atoms with Gasteiger partial charge in [0.1, 0.15) is 23.9 Å². The highest BCUT2D eigenvalue weighted by atomic mass is 35.5. The number of anilines is 1. The van der Waals surface area contributed by atoms with Crippen LogP contribution < -0.4 is 16.1 Å². The van der Waals surface area contributed by atoms with E-state index in [0.717, 1.165) is 0 Å². The number of halogens is 1. The topological polar surface area (TPSA) is 115 Å². The van der Waals surface area contributed by atoms with Crippen LogP contribution >= 0.6 is 11.6 Å². The lowest BCUT2D eigenvalue weighted by Gasteiger charge is -2.20. The van der Waals surface area contributed by atoms with E-state index in [0.29, 0.717) is 16.8 Å². The van der Waals surface area contributed by atoms with Crippen molar-refractivity contribution in [1.82, 2.24) is 10.8 Å². The second-order valence-corrected chi connectivity index (χ2v) is 7.33. The van der Waals surface area contributed by atoms with E-state index in [2.05, 4.69) is 16.1 Å². The summed E-state index contributed by atoms with van der Waals surface area (Å²) in [6, 6.07) is 13.6. The molecule has 2 aromatic carbocycles. The molecule has 174 valence electrons. The number of carbonyl (C=O) groups is 3. The molecule has 0 radical (unpaired) electrons. The Kier molecular flexibility index (Phi) is 8.15. The Hall–Kier alpha value is -3.56. The lowest BCUT2D eigenvalue weighted by Crippen LogP contribution is -2.46. The fraction of sp³-hybridized carbons (Fsp3) is 0.261. The van der Waals surface area contributed by atoms with Crippen molar-refractivity contribution in [2.45, 2.75) is 32.1 Å². The summed E-state index contributed by atoms with van der Waals surface area (Å²) in [4.78, 5) is 42.4. The number of hydrogen-bond acceptors (Lipinski definition) is 7. The molecule has 3 N–H and O–H groups in total. The van der Waals surface area contributed by atoms with Gasteiger partial charge in [0, 0.05) is 12.1 Å². The Labute approximate surface area is 197 Å². The molecule has 0 aromatic heterocycles.